The van der Waals surface area contributed by atoms with Crippen molar-refractivity contribution in [1.82, 2.24) is 14.8 Å². The third-order valence-corrected chi connectivity index (χ3v) is 5.22. The molecule has 22 heavy (non-hydrogen) atoms. The number of amides is 1. The summed E-state index contributed by atoms with van der Waals surface area (Å²) in [6.45, 7) is 6.11. The van der Waals surface area contributed by atoms with E-state index >= 15 is 0 Å². The fourth-order valence-corrected chi connectivity index (χ4v) is 3.84. The van der Waals surface area contributed by atoms with Crippen LogP contribution in [0.1, 0.15) is 34.6 Å². The van der Waals surface area contributed by atoms with Crippen molar-refractivity contribution >= 4 is 27.5 Å². The third kappa shape index (κ3) is 3.47. The number of hydrogen-bond acceptors (Lipinski definition) is 4. The fraction of sp³-hybridized carbons (Fsp3) is 0.529. The Balaban J connectivity index is 1.63. The van der Waals surface area contributed by atoms with Gasteiger partial charge >= 0.3 is 0 Å². The van der Waals surface area contributed by atoms with Gasteiger partial charge < -0.3 is 9.80 Å². The molecule has 1 aromatic heterocycles. The smallest absolute Gasteiger partial charge is 0.253 e. The van der Waals surface area contributed by atoms with Gasteiger partial charge in [-0.1, -0.05) is 6.42 Å². The number of likely N-dealkylation sites (tertiary alicyclic amines) is 1. The molecule has 0 unspecified atom stereocenters. The van der Waals surface area contributed by atoms with Crippen LogP contribution in [0.25, 0.3) is 10.2 Å². The molecule has 0 atom stereocenters. The van der Waals surface area contributed by atoms with Gasteiger partial charge in [0.1, 0.15) is 0 Å². The maximum atomic E-state index is 12.6. The molecule has 5 heteroatoms. The summed E-state index contributed by atoms with van der Waals surface area (Å²) in [6, 6.07) is 5.81. The molecule has 2 heterocycles. The highest BCUT2D eigenvalue weighted by Gasteiger charge is 2.15. The van der Waals surface area contributed by atoms with Crippen molar-refractivity contribution in [3.63, 3.8) is 0 Å². The Morgan fingerprint density at radius 3 is 2.86 bits per heavy atom. The van der Waals surface area contributed by atoms with Gasteiger partial charge in [0.25, 0.3) is 5.91 Å². The van der Waals surface area contributed by atoms with Crippen molar-refractivity contribution in [1.29, 1.82) is 0 Å². The van der Waals surface area contributed by atoms with E-state index in [0.717, 1.165) is 33.9 Å². The number of thiazole rings is 1. The van der Waals surface area contributed by atoms with Gasteiger partial charge in [-0.3, -0.25) is 4.79 Å². The predicted molar refractivity (Wildman–Crippen MR) is 91.6 cm³/mol. The highest BCUT2D eigenvalue weighted by atomic mass is 32.1. The molecule has 0 radical (unpaired) electrons. The largest absolute Gasteiger partial charge is 0.340 e. The number of likely N-dealkylation sites (N-methyl/N-ethyl adjacent to an activating group) is 1. The van der Waals surface area contributed by atoms with E-state index in [1.54, 1.807) is 11.3 Å². The monoisotopic (exact) mass is 317 g/mol. The second-order valence-electron chi connectivity index (χ2n) is 6.04. The summed E-state index contributed by atoms with van der Waals surface area (Å²) in [4.78, 5) is 21.3. The van der Waals surface area contributed by atoms with E-state index in [1.165, 1.54) is 32.4 Å². The first-order valence-corrected chi connectivity index (χ1v) is 8.80. The first kappa shape index (κ1) is 15.4. The molecule has 0 N–H and O–H groups in total. The molecule has 118 valence electrons. The molecule has 2 aromatic rings. The Hall–Kier alpha value is -1.46. The van der Waals surface area contributed by atoms with Gasteiger partial charge in [0.15, 0.2) is 0 Å². The molecule has 1 aliphatic heterocycles. The Kier molecular flexibility index (Phi) is 4.74. The number of piperidine rings is 1. The van der Waals surface area contributed by atoms with E-state index in [1.807, 2.05) is 37.1 Å². The number of aromatic nitrogens is 1. The van der Waals surface area contributed by atoms with Gasteiger partial charge in [0.2, 0.25) is 0 Å². The normalized spacial score (nSPS) is 16.1. The van der Waals surface area contributed by atoms with E-state index in [4.69, 9.17) is 0 Å². The zero-order valence-electron chi connectivity index (χ0n) is 13.3. The number of carbonyl (C=O) groups excluding carboxylic acids is 1. The van der Waals surface area contributed by atoms with Crippen LogP contribution in [-0.4, -0.2) is 53.9 Å². The molecular weight excluding hydrogens is 294 g/mol. The summed E-state index contributed by atoms with van der Waals surface area (Å²) in [7, 11) is 1.90. The van der Waals surface area contributed by atoms with Crippen LogP contribution in [0.2, 0.25) is 0 Å². The Labute approximate surface area is 135 Å². The summed E-state index contributed by atoms with van der Waals surface area (Å²) in [6.07, 6.45) is 3.93. The van der Waals surface area contributed by atoms with Gasteiger partial charge in [0, 0.05) is 25.7 Å². The quantitative estimate of drug-likeness (QED) is 0.869. The lowest BCUT2D eigenvalue weighted by atomic mass is 10.1. The number of nitrogens with zero attached hydrogens (tertiary/aromatic N) is 3. The van der Waals surface area contributed by atoms with Crippen molar-refractivity contribution < 1.29 is 4.79 Å². The molecule has 1 aliphatic rings. The molecule has 1 aromatic carbocycles. The lowest BCUT2D eigenvalue weighted by Crippen LogP contribution is -2.38. The van der Waals surface area contributed by atoms with Crippen molar-refractivity contribution in [2.45, 2.75) is 26.2 Å². The molecule has 0 bridgehead atoms. The molecule has 1 fully saturated rings. The van der Waals surface area contributed by atoms with Crippen LogP contribution < -0.4 is 0 Å². The van der Waals surface area contributed by atoms with Crippen LogP contribution in [0.15, 0.2) is 18.2 Å². The molecule has 1 amide bonds. The fourth-order valence-electron chi connectivity index (χ4n) is 2.97. The SMILES string of the molecule is Cc1nc2ccc(C(=O)N(C)CCN3CCCCC3)cc2s1. The van der Waals surface area contributed by atoms with Crippen molar-refractivity contribution in [3.8, 4) is 0 Å². The number of hydrogen-bond donors (Lipinski definition) is 0. The van der Waals surface area contributed by atoms with Crippen LogP contribution in [0.4, 0.5) is 0 Å². The lowest BCUT2D eigenvalue weighted by molar-refractivity contribution is 0.0773. The number of carbonyl (C=O) groups is 1. The summed E-state index contributed by atoms with van der Waals surface area (Å²) in [5.41, 5.74) is 1.74. The Morgan fingerprint density at radius 1 is 1.32 bits per heavy atom. The second kappa shape index (κ2) is 6.75. The number of fused-ring (bicyclic) bond motifs is 1. The molecule has 0 spiro atoms. The maximum Gasteiger partial charge on any atom is 0.253 e. The van der Waals surface area contributed by atoms with Gasteiger partial charge in [0.05, 0.1) is 15.2 Å². The highest BCUT2D eigenvalue weighted by Crippen LogP contribution is 2.23. The van der Waals surface area contributed by atoms with Gasteiger partial charge in [-0.25, -0.2) is 4.98 Å². The topological polar surface area (TPSA) is 36.4 Å². The van der Waals surface area contributed by atoms with E-state index in [-0.39, 0.29) is 5.91 Å². The standard InChI is InChI=1S/C17H23N3OS/c1-13-18-15-7-6-14(12-16(15)22-13)17(21)19(2)10-11-20-8-4-3-5-9-20/h6-7,12H,3-5,8-11H2,1-2H3. The first-order chi connectivity index (χ1) is 10.6. The zero-order chi connectivity index (χ0) is 15.5. The number of benzene rings is 1. The number of aryl methyl sites for hydroxylation is 1. The summed E-state index contributed by atoms with van der Waals surface area (Å²) < 4.78 is 1.09. The predicted octanol–water partition coefficient (Wildman–Crippen LogP) is 3.16. The minimum atomic E-state index is 0.102. The zero-order valence-corrected chi connectivity index (χ0v) is 14.2. The van der Waals surface area contributed by atoms with Gasteiger partial charge in [-0.2, -0.15) is 0 Å². The molecular formula is C17H23N3OS. The average molecular weight is 317 g/mol. The third-order valence-electron chi connectivity index (χ3n) is 4.29. The van der Waals surface area contributed by atoms with Crippen LogP contribution >= 0.6 is 11.3 Å². The highest BCUT2D eigenvalue weighted by molar-refractivity contribution is 7.18. The summed E-state index contributed by atoms with van der Waals surface area (Å²) >= 11 is 1.64. The average Bonchev–Trinajstić information content (AvgIpc) is 2.92. The van der Waals surface area contributed by atoms with Gasteiger partial charge in [-0.05, 0) is 51.1 Å². The van der Waals surface area contributed by atoms with Crippen molar-refractivity contribution in [3.05, 3.63) is 28.8 Å². The van der Waals surface area contributed by atoms with Crippen molar-refractivity contribution in [2.24, 2.45) is 0 Å². The van der Waals surface area contributed by atoms with Crippen LogP contribution in [0.3, 0.4) is 0 Å². The van der Waals surface area contributed by atoms with E-state index in [9.17, 15) is 4.79 Å². The molecule has 4 nitrogen and oxygen atoms in total. The van der Waals surface area contributed by atoms with E-state index in [2.05, 4.69) is 9.88 Å². The molecule has 0 aliphatic carbocycles. The van der Waals surface area contributed by atoms with E-state index < -0.39 is 0 Å². The minimum absolute atomic E-state index is 0.102. The Morgan fingerprint density at radius 2 is 2.09 bits per heavy atom. The Bertz CT molecular complexity index is 661. The van der Waals surface area contributed by atoms with Gasteiger partial charge in [-0.15, -0.1) is 11.3 Å². The van der Waals surface area contributed by atoms with Crippen LogP contribution in [0, 0.1) is 6.92 Å². The second-order valence-corrected chi connectivity index (χ2v) is 7.28. The number of rotatable bonds is 4. The van der Waals surface area contributed by atoms with E-state index in [0.29, 0.717) is 0 Å². The van der Waals surface area contributed by atoms with Crippen LogP contribution in [-0.2, 0) is 0 Å². The molecule has 1 saturated heterocycles. The summed E-state index contributed by atoms with van der Waals surface area (Å²) in [5, 5.41) is 1.04. The minimum Gasteiger partial charge on any atom is -0.340 e. The first-order valence-electron chi connectivity index (χ1n) is 7.98. The molecule has 0 saturated carbocycles. The van der Waals surface area contributed by atoms with Crippen LogP contribution in [0.5, 0.6) is 0 Å². The van der Waals surface area contributed by atoms with Crippen molar-refractivity contribution in [2.75, 3.05) is 33.2 Å². The summed E-state index contributed by atoms with van der Waals surface area (Å²) in [5.74, 6) is 0.102. The lowest BCUT2D eigenvalue weighted by Gasteiger charge is -2.28. The molecule has 3 rings (SSSR count). The maximum absolute atomic E-state index is 12.6.